The van der Waals surface area contributed by atoms with Crippen LogP contribution in [0.15, 0.2) is 54.7 Å². The lowest BCUT2D eigenvalue weighted by Crippen LogP contribution is -2.18. The Morgan fingerprint density at radius 2 is 1.91 bits per heavy atom. The maximum absolute atomic E-state index is 12.1. The summed E-state index contributed by atoms with van der Waals surface area (Å²) < 4.78 is 1.81. The van der Waals surface area contributed by atoms with Gasteiger partial charge in [0.25, 0.3) is 5.69 Å². The van der Waals surface area contributed by atoms with Crippen molar-refractivity contribution in [2.24, 2.45) is 0 Å². The molecular formula is C16H12ClN3O3. The van der Waals surface area contributed by atoms with Crippen molar-refractivity contribution in [2.45, 2.75) is 6.54 Å². The van der Waals surface area contributed by atoms with Gasteiger partial charge in [-0.25, -0.2) is 0 Å². The Bertz CT molecular complexity index is 887. The van der Waals surface area contributed by atoms with Crippen molar-refractivity contribution in [2.75, 3.05) is 5.32 Å². The number of hydrogen-bond donors (Lipinski definition) is 1. The van der Waals surface area contributed by atoms with Crippen LogP contribution in [-0.2, 0) is 11.3 Å². The number of non-ortho nitro benzene ring substituents is 1. The standard InChI is InChI=1S/C16H12ClN3O3/c17-12-1-6-15-11(9-12)7-8-19(15)10-16(21)18-13-2-4-14(5-3-13)20(22)23/h1-9H,10H2,(H,18,21). The van der Waals surface area contributed by atoms with Gasteiger partial charge >= 0.3 is 0 Å². The zero-order valence-corrected chi connectivity index (χ0v) is 12.7. The summed E-state index contributed by atoms with van der Waals surface area (Å²) in [7, 11) is 0. The Kier molecular flexibility index (Phi) is 3.99. The maximum atomic E-state index is 12.1. The fourth-order valence-electron chi connectivity index (χ4n) is 2.33. The van der Waals surface area contributed by atoms with Gasteiger partial charge in [-0.05, 0) is 36.4 Å². The van der Waals surface area contributed by atoms with Crippen LogP contribution in [0.1, 0.15) is 0 Å². The molecule has 0 unspecified atom stereocenters. The first-order chi connectivity index (χ1) is 11.0. The van der Waals surface area contributed by atoms with E-state index in [4.69, 9.17) is 11.6 Å². The molecule has 1 amide bonds. The van der Waals surface area contributed by atoms with Crippen LogP contribution in [0.5, 0.6) is 0 Å². The average molecular weight is 330 g/mol. The molecule has 1 N–H and O–H groups in total. The lowest BCUT2D eigenvalue weighted by Gasteiger charge is -2.07. The summed E-state index contributed by atoms with van der Waals surface area (Å²) >= 11 is 5.94. The number of carbonyl (C=O) groups excluding carboxylic acids is 1. The number of nitrogens with one attached hydrogen (secondary N) is 1. The third-order valence-corrected chi connectivity index (χ3v) is 3.64. The molecule has 0 aliphatic rings. The van der Waals surface area contributed by atoms with Gasteiger partial charge in [-0.2, -0.15) is 0 Å². The molecule has 3 aromatic rings. The Morgan fingerprint density at radius 3 is 2.61 bits per heavy atom. The van der Waals surface area contributed by atoms with Crippen molar-refractivity contribution < 1.29 is 9.72 Å². The van der Waals surface area contributed by atoms with Gasteiger partial charge in [0.15, 0.2) is 0 Å². The van der Waals surface area contributed by atoms with Gasteiger partial charge in [-0.3, -0.25) is 14.9 Å². The largest absolute Gasteiger partial charge is 0.338 e. The number of anilines is 1. The first-order valence-corrected chi connectivity index (χ1v) is 7.19. The molecule has 1 heterocycles. The number of nitrogens with zero attached hydrogens (tertiary/aromatic N) is 2. The number of amides is 1. The van der Waals surface area contributed by atoms with Crippen molar-refractivity contribution in [1.29, 1.82) is 0 Å². The highest BCUT2D eigenvalue weighted by atomic mass is 35.5. The maximum Gasteiger partial charge on any atom is 0.269 e. The van der Waals surface area contributed by atoms with Crippen LogP contribution >= 0.6 is 11.6 Å². The van der Waals surface area contributed by atoms with Gasteiger partial charge in [0.2, 0.25) is 5.91 Å². The zero-order valence-electron chi connectivity index (χ0n) is 11.9. The number of carbonyl (C=O) groups is 1. The molecule has 0 saturated carbocycles. The van der Waals surface area contributed by atoms with Gasteiger partial charge in [0, 0.05) is 39.9 Å². The molecule has 0 bridgehead atoms. The molecule has 1 aromatic heterocycles. The lowest BCUT2D eigenvalue weighted by atomic mass is 10.2. The molecule has 116 valence electrons. The van der Waals surface area contributed by atoms with E-state index in [1.54, 1.807) is 6.07 Å². The van der Waals surface area contributed by atoms with Crippen LogP contribution in [0.2, 0.25) is 5.02 Å². The second-order valence-corrected chi connectivity index (χ2v) is 5.44. The topological polar surface area (TPSA) is 77.2 Å². The van der Waals surface area contributed by atoms with Crippen molar-refractivity contribution in [3.05, 3.63) is 69.9 Å². The summed E-state index contributed by atoms with van der Waals surface area (Å²) in [4.78, 5) is 22.2. The SMILES string of the molecule is O=C(Cn1ccc2cc(Cl)ccc21)Nc1ccc([N+](=O)[O-])cc1. The number of aromatic nitrogens is 1. The van der Waals surface area contributed by atoms with Crippen LogP contribution in [0.4, 0.5) is 11.4 Å². The van der Waals surface area contributed by atoms with E-state index in [-0.39, 0.29) is 18.1 Å². The quantitative estimate of drug-likeness (QED) is 0.583. The second kappa shape index (κ2) is 6.10. The molecule has 3 rings (SSSR count). The number of nitro benzene ring substituents is 1. The van der Waals surface area contributed by atoms with E-state index >= 15 is 0 Å². The Hall–Kier alpha value is -2.86. The van der Waals surface area contributed by atoms with E-state index in [1.165, 1.54) is 24.3 Å². The normalized spacial score (nSPS) is 10.7. The molecule has 0 aliphatic heterocycles. The number of fused-ring (bicyclic) bond motifs is 1. The van der Waals surface area contributed by atoms with Crippen LogP contribution in [0, 0.1) is 10.1 Å². The van der Waals surface area contributed by atoms with Crippen LogP contribution in [0.25, 0.3) is 10.9 Å². The average Bonchev–Trinajstić information content (AvgIpc) is 2.89. The fourth-order valence-corrected chi connectivity index (χ4v) is 2.51. The third-order valence-electron chi connectivity index (χ3n) is 3.41. The molecule has 0 atom stereocenters. The number of rotatable bonds is 4. The van der Waals surface area contributed by atoms with Crippen LogP contribution < -0.4 is 5.32 Å². The molecule has 23 heavy (non-hydrogen) atoms. The van der Waals surface area contributed by atoms with Crippen LogP contribution in [-0.4, -0.2) is 15.4 Å². The minimum absolute atomic E-state index is 0.0173. The molecule has 2 aromatic carbocycles. The highest BCUT2D eigenvalue weighted by molar-refractivity contribution is 6.31. The molecule has 0 fully saturated rings. The smallest absolute Gasteiger partial charge is 0.269 e. The summed E-state index contributed by atoms with van der Waals surface area (Å²) in [5.41, 5.74) is 1.41. The predicted octanol–water partition coefficient (Wildman–Crippen LogP) is 3.84. The van der Waals surface area contributed by atoms with Crippen molar-refractivity contribution in [3.8, 4) is 0 Å². The summed E-state index contributed by atoms with van der Waals surface area (Å²) in [5.74, 6) is -0.216. The van der Waals surface area contributed by atoms with E-state index in [0.29, 0.717) is 10.7 Å². The van der Waals surface area contributed by atoms with E-state index in [0.717, 1.165) is 10.9 Å². The van der Waals surface area contributed by atoms with Gasteiger partial charge in [0.05, 0.1) is 4.92 Å². The predicted molar refractivity (Wildman–Crippen MR) is 88.7 cm³/mol. The Morgan fingerprint density at radius 1 is 1.17 bits per heavy atom. The minimum Gasteiger partial charge on any atom is -0.338 e. The highest BCUT2D eigenvalue weighted by Gasteiger charge is 2.09. The summed E-state index contributed by atoms with van der Waals surface area (Å²) in [6.45, 7) is 0.141. The molecule has 0 spiro atoms. The Labute approximate surface area is 136 Å². The van der Waals surface area contributed by atoms with Crippen molar-refractivity contribution in [3.63, 3.8) is 0 Å². The first-order valence-electron chi connectivity index (χ1n) is 6.81. The summed E-state index contributed by atoms with van der Waals surface area (Å²) in [6.07, 6.45) is 1.82. The summed E-state index contributed by atoms with van der Waals surface area (Å²) in [6, 6.07) is 13.1. The summed E-state index contributed by atoms with van der Waals surface area (Å²) in [5, 5.41) is 14.9. The zero-order chi connectivity index (χ0) is 16.4. The van der Waals surface area contributed by atoms with Crippen LogP contribution in [0.3, 0.4) is 0 Å². The minimum atomic E-state index is -0.483. The molecule has 6 nitrogen and oxygen atoms in total. The molecule has 0 aliphatic carbocycles. The first kappa shape index (κ1) is 15.1. The molecule has 0 radical (unpaired) electrons. The highest BCUT2D eigenvalue weighted by Crippen LogP contribution is 2.21. The number of hydrogen-bond acceptors (Lipinski definition) is 3. The van der Waals surface area contributed by atoms with Gasteiger partial charge in [-0.15, -0.1) is 0 Å². The van der Waals surface area contributed by atoms with Gasteiger partial charge in [-0.1, -0.05) is 11.6 Å². The molecular weight excluding hydrogens is 318 g/mol. The fraction of sp³-hybridized carbons (Fsp3) is 0.0625. The molecule has 7 heteroatoms. The van der Waals surface area contributed by atoms with E-state index in [2.05, 4.69) is 5.32 Å². The van der Waals surface area contributed by atoms with Crippen molar-refractivity contribution in [1.82, 2.24) is 4.57 Å². The van der Waals surface area contributed by atoms with E-state index in [1.807, 2.05) is 29.0 Å². The van der Waals surface area contributed by atoms with Crippen molar-refractivity contribution >= 4 is 39.8 Å². The molecule has 0 saturated heterocycles. The number of nitro groups is 1. The second-order valence-electron chi connectivity index (χ2n) is 5.00. The number of halogens is 1. The van der Waals surface area contributed by atoms with Gasteiger partial charge in [0.1, 0.15) is 6.54 Å². The lowest BCUT2D eigenvalue weighted by molar-refractivity contribution is -0.384. The third kappa shape index (κ3) is 3.32. The monoisotopic (exact) mass is 329 g/mol. The van der Waals surface area contributed by atoms with E-state index in [9.17, 15) is 14.9 Å². The Balaban J connectivity index is 1.72. The van der Waals surface area contributed by atoms with E-state index < -0.39 is 4.92 Å². The van der Waals surface area contributed by atoms with Gasteiger partial charge < -0.3 is 9.88 Å². The number of benzene rings is 2.